The molecule has 3 aliphatic rings. The van der Waals surface area contributed by atoms with Gasteiger partial charge in [-0.05, 0) is 56.1 Å². The molecule has 24 heavy (non-hydrogen) atoms. The number of pyridine rings is 1. The lowest BCUT2D eigenvalue weighted by atomic mass is 9.79. The monoisotopic (exact) mass is 322 g/mol. The first-order chi connectivity index (χ1) is 11.9. The standard InChI is InChI=1S/C18H18N4O2/c1-2-13(10-19-7-1)15-3-4-16(23-15)18-20-17(21-24-18)14-11-22-8-5-12(14)6-9-22/h1-4,7,10,12,14H,5-6,8-9,11H2. The number of aromatic nitrogens is 3. The maximum absolute atomic E-state index is 5.87. The van der Waals surface area contributed by atoms with E-state index in [1.165, 1.54) is 25.9 Å². The fraction of sp³-hybridized carbons (Fsp3) is 0.389. The maximum Gasteiger partial charge on any atom is 0.293 e. The van der Waals surface area contributed by atoms with Crippen molar-refractivity contribution in [2.75, 3.05) is 19.6 Å². The molecular formula is C18H18N4O2. The Morgan fingerprint density at radius 2 is 1.96 bits per heavy atom. The average molecular weight is 322 g/mol. The molecule has 0 spiro atoms. The van der Waals surface area contributed by atoms with Crippen molar-refractivity contribution in [2.45, 2.75) is 18.8 Å². The van der Waals surface area contributed by atoms with E-state index in [0.29, 0.717) is 23.5 Å². The molecule has 0 saturated carbocycles. The molecule has 1 atom stereocenters. The van der Waals surface area contributed by atoms with Gasteiger partial charge in [-0.3, -0.25) is 4.98 Å². The highest BCUT2D eigenvalue weighted by atomic mass is 16.5. The summed E-state index contributed by atoms with van der Waals surface area (Å²) in [6.07, 6.45) is 5.99. The summed E-state index contributed by atoms with van der Waals surface area (Å²) in [6.45, 7) is 3.46. The highest BCUT2D eigenvalue weighted by molar-refractivity contribution is 5.60. The second kappa shape index (κ2) is 5.56. The summed E-state index contributed by atoms with van der Waals surface area (Å²) < 4.78 is 11.3. The third-order valence-electron chi connectivity index (χ3n) is 5.19. The van der Waals surface area contributed by atoms with Crippen molar-refractivity contribution in [1.29, 1.82) is 0 Å². The molecule has 6 heteroatoms. The molecule has 3 saturated heterocycles. The molecular weight excluding hydrogens is 304 g/mol. The molecule has 3 fully saturated rings. The van der Waals surface area contributed by atoms with E-state index in [2.05, 4.69) is 20.0 Å². The van der Waals surface area contributed by atoms with Gasteiger partial charge in [0.1, 0.15) is 5.76 Å². The largest absolute Gasteiger partial charge is 0.451 e. The number of furan rings is 1. The fourth-order valence-corrected chi connectivity index (χ4v) is 3.86. The van der Waals surface area contributed by atoms with Crippen LogP contribution >= 0.6 is 0 Å². The molecule has 2 bridgehead atoms. The average Bonchev–Trinajstić information content (AvgIpc) is 3.33. The van der Waals surface area contributed by atoms with Gasteiger partial charge in [-0.1, -0.05) is 5.16 Å². The predicted octanol–water partition coefficient (Wildman–Crippen LogP) is 3.20. The number of hydrogen-bond donors (Lipinski definition) is 0. The highest BCUT2D eigenvalue weighted by Crippen LogP contribution is 2.38. The van der Waals surface area contributed by atoms with E-state index in [9.17, 15) is 0 Å². The van der Waals surface area contributed by atoms with Gasteiger partial charge in [-0.2, -0.15) is 4.98 Å². The van der Waals surface area contributed by atoms with Crippen molar-refractivity contribution in [1.82, 2.24) is 20.0 Å². The first-order valence-corrected chi connectivity index (χ1v) is 8.43. The van der Waals surface area contributed by atoms with E-state index >= 15 is 0 Å². The molecule has 3 aliphatic heterocycles. The predicted molar refractivity (Wildman–Crippen MR) is 87.1 cm³/mol. The minimum Gasteiger partial charge on any atom is -0.451 e. The zero-order valence-electron chi connectivity index (χ0n) is 13.3. The maximum atomic E-state index is 5.87. The summed E-state index contributed by atoms with van der Waals surface area (Å²) in [5, 5.41) is 4.23. The van der Waals surface area contributed by atoms with Crippen LogP contribution in [0, 0.1) is 5.92 Å². The Hall–Kier alpha value is -2.47. The van der Waals surface area contributed by atoms with Crippen LogP contribution in [0.2, 0.25) is 0 Å². The molecule has 6 rings (SSSR count). The summed E-state index contributed by atoms with van der Waals surface area (Å²) in [6, 6.07) is 7.62. The zero-order valence-corrected chi connectivity index (χ0v) is 13.3. The lowest BCUT2D eigenvalue weighted by molar-refractivity contribution is 0.0825. The van der Waals surface area contributed by atoms with Gasteiger partial charge in [0.05, 0.1) is 0 Å². The van der Waals surface area contributed by atoms with E-state index in [4.69, 9.17) is 8.94 Å². The van der Waals surface area contributed by atoms with Crippen molar-refractivity contribution in [3.8, 4) is 23.0 Å². The van der Waals surface area contributed by atoms with E-state index in [1.54, 1.807) is 12.4 Å². The molecule has 0 radical (unpaired) electrons. The molecule has 3 aromatic heterocycles. The zero-order chi connectivity index (χ0) is 15.9. The molecule has 0 aliphatic carbocycles. The summed E-state index contributed by atoms with van der Waals surface area (Å²) in [7, 11) is 0. The van der Waals surface area contributed by atoms with Crippen LogP contribution in [0.15, 0.2) is 45.6 Å². The molecule has 122 valence electrons. The minimum absolute atomic E-state index is 0.387. The molecule has 6 heterocycles. The molecule has 0 N–H and O–H groups in total. The Balaban J connectivity index is 1.41. The smallest absolute Gasteiger partial charge is 0.293 e. The van der Waals surface area contributed by atoms with Gasteiger partial charge in [-0.15, -0.1) is 0 Å². The number of rotatable bonds is 3. The first-order valence-electron chi connectivity index (χ1n) is 8.43. The number of piperidine rings is 3. The van der Waals surface area contributed by atoms with Crippen molar-refractivity contribution in [2.24, 2.45) is 5.92 Å². The van der Waals surface area contributed by atoms with Crippen LogP contribution in [0.1, 0.15) is 24.6 Å². The van der Waals surface area contributed by atoms with Crippen LogP contribution in [-0.2, 0) is 0 Å². The van der Waals surface area contributed by atoms with Crippen molar-refractivity contribution < 1.29 is 8.94 Å². The van der Waals surface area contributed by atoms with E-state index in [0.717, 1.165) is 23.7 Å². The number of fused-ring (bicyclic) bond motifs is 3. The lowest BCUT2D eigenvalue weighted by Crippen LogP contribution is -2.46. The number of nitrogens with zero attached hydrogens (tertiary/aromatic N) is 4. The first kappa shape index (κ1) is 13.9. The SMILES string of the molecule is c1cncc(-c2ccc(-c3nc(C4CN5CCC4CC5)no3)o2)c1. The lowest BCUT2D eigenvalue weighted by Gasteiger charge is -2.43. The molecule has 1 unspecified atom stereocenters. The highest BCUT2D eigenvalue weighted by Gasteiger charge is 2.37. The van der Waals surface area contributed by atoms with Crippen LogP contribution in [-0.4, -0.2) is 39.7 Å². The minimum atomic E-state index is 0.387. The van der Waals surface area contributed by atoms with Crippen LogP contribution in [0.3, 0.4) is 0 Å². The van der Waals surface area contributed by atoms with Gasteiger partial charge in [0.25, 0.3) is 5.89 Å². The molecule has 6 nitrogen and oxygen atoms in total. The Kier molecular flexibility index (Phi) is 3.23. The van der Waals surface area contributed by atoms with Crippen LogP contribution < -0.4 is 0 Å². The fourth-order valence-electron chi connectivity index (χ4n) is 3.86. The van der Waals surface area contributed by atoms with E-state index < -0.39 is 0 Å². The third-order valence-corrected chi connectivity index (χ3v) is 5.19. The second-order valence-electron chi connectivity index (χ2n) is 6.61. The quantitative estimate of drug-likeness (QED) is 0.737. The van der Waals surface area contributed by atoms with Gasteiger partial charge in [0.2, 0.25) is 0 Å². The topological polar surface area (TPSA) is 68.2 Å². The Morgan fingerprint density at radius 1 is 1.08 bits per heavy atom. The van der Waals surface area contributed by atoms with Gasteiger partial charge in [0, 0.05) is 30.4 Å². The van der Waals surface area contributed by atoms with E-state index in [-0.39, 0.29) is 0 Å². The van der Waals surface area contributed by atoms with Crippen LogP contribution in [0.4, 0.5) is 0 Å². The van der Waals surface area contributed by atoms with E-state index in [1.807, 2.05) is 24.3 Å². The normalized spacial score (nSPS) is 25.9. The summed E-state index contributed by atoms with van der Waals surface area (Å²) >= 11 is 0. The number of hydrogen-bond acceptors (Lipinski definition) is 6. The molecule has 0 amide bonds. The third kappa shape index (κ3) is 2.34. The second-order valence-corrected chi connectivity index (χ2v) is 6.61. The van der Waals surface area contributed by atoms with Crippen molar-refractivity contribution in [3.05, 3.63) is 42.5 Å². The summed E-state index contributed by atoms with van der Waals surface area (Å²) in [5.41, 5.74) is 0.931. The summed E-state index contributed by atoms with van der Waals surface area (Å²) in [4.78, 5) is 11.2. The van der Waals surface area contributed by atoms with Gasteiger partial charge < -0.3 is 13.8 Å². The van der Waals surface area contributed by atoms with Crippen molar-refractivity contribution >= 4 is 0 Å². The Morgan fingerprint density at radius 3 is 2.71 bits per heavy atom. The van der Waals surface area contributed by atoms with Gasteiger partial charge in [-0.25, -0.2) is 0 Å². The Bertz CT molecular complexity index is 834. The molecule has 0 aromatic carbocycles. The molecule has 3 aromatic rings. The van der Waals surface area contributed by atoms with Gasteiger partial charge in [0.15, 0.2) is 11.6 Å². The summed E-state index contributed by atoms with van der Waals surface area (Å²) in [5.74, 6) is 3.70. The van der Waals surface area contributed by atoms with Crippen LogP contribution in [0.25, 0.3) is 23.0 Å². The van der Waals surface area contributed by atoms with Gasteiger partial charge >= 0.3 is 0 Å². The van der Waals surface area contributed by atoms with Crippen LogP contribution in [0.5, 0.6) is 0 Å². The van der Waals surface area contributed by atoms with Crippen molar-refractivity contribution in [3.63, 3.8) is 0 Å². The Labute approximate surface area is 139 Å².